The van der Waals surface area contributed by atoms with Crippen LogP contribution >= 0.6 is 0 Å². The zero-order valence-corrected chi connectivity index (χ0v) is 40.1. The maximum absolute atomic E-state index is 17.2. The Morgan fingerprint density at radius 1 is 0.945 bits per heavy atom. The summed E-state index contributed by atoms with van der Waals surface area (Å²) < 4.78 is 44.5. The number of pyridine rings is 1. The Morgan fingerprint density at radius 2 is 1.75 bits per heavy atom. The molecular formula is C54H54F2N10O7. The monoisotopic (exact) mass is 992 g/mol. The molecule has 5 amide bonds. The number of carbonyl (C=O) groups excluding carboxylic acids is 5. The number of ether oxygens (including phenoxy) is 2. The fraction of sp³-hybridized carbons (Fsp3) is 0.407. The molecule has 3 unspecified atom stereocenters. The number of unbranched alkanes of at least 4 members (excludes halogenated alkanes) is 2. The molecule has 5 atom stereocenters. The molecule has 5 saturated heterocycles. The predicted molar refractivity (Wildman–Crippen MR) is 267 cm³/mol. The summed E-state index contributed by atoms with van der Waals surface area (Å²) in [6.45, 7) is 7.65. The minimum absolute atomic E-state index is 0.0130. The molecule has 2 bridgehead atoms. The number of rotatable bonds is 15. The normalized spacial score (nSPS) is 23.5. The Hall–Kier alpha value is -7.56. The van der Waals surface area contributed by atoms with Crippen molar-refractivity contribution in [2.75, 3.05) is 56.2 Å². The van der Waals surface area contributed by atoms with Crippen LogP contribution < -0.4 is 30.9 Å². The van der Waals surface area contributed by atoms with E-state index in [-0.39, 0.29) is 78.1 Å². The van der Waals surface area contributed by atoms with E-state index in [0.717, 1.165) is 49.0 Å². The third-order valence-electron chi connectivity index (χ3n) is 15.3. The quantitative estimate of drug-likeness (QED) is 0.0412. The van der Waals surface area contributed by atoms with Gasteiger partial charge in [-0.15, -0.1) is 6.42 Å². The van der Waals surface area contributed by atoms with Crippen molar-refractivity contribution in [3.63, 3.8) is 0 Å². The van der Waals surface area contributed by atoms with Gasteiger partial charge in [-0.3, -0.25) is 39.3 Å². The van der Waals surface area contributed by atoms with E-state index < -0.39 is 52.9 Å². The summed E-state index contributed by atoms with van der Waals surface area (Å²) in [7, 11) is 0. The molecule has 0 radical (unpaired) electrons. The van der Waals surface area contributed by atoms with Gasteiger partial charge in [0.15, 0.2) is 5.82 Å². The lowest BCUT2D eigenvalue weighted by Gasteiger charge is -2.35. The molecule has 0 saturated carbocycles. The van der Waals surface area contributed by atoms with E-state index in [1.165, 1.54) is 6.07 Å². The molecule has 6 aliphatic heterocycles. The summed E-state index contributed by atoms with van der Waals surface area (Å²) >= 11 is 0. The number of amides is 5. The average molecular weight is 993 g/mol. The number of nitrogens with zero attached hydrogens (tertiary/aromatic N) is 6. The Labute approximate surface area is 419 Å². The van der Waals surface area contributed by atoms with E-state index in [1.54, 1.807) is 48.7 Å². The van der Waals surface area contributed by atoms with Crippen molar-refractivity contribution in [3.8, 4) is 29.6 Å². The van der Waals surface area contributed by atoms with Crippen LogP contribution in [-0.2, 0) is 14.3 Å². The number of piperazine rings is 1. The number of benzene rings is 3. The van der Waals surface area contributed by atoms with Crippen LogP contribution in [0, 0.1) is 24.0 Å². The highest BCUT2D eigenvalue weighted by atomic mass is 19.1. The molecule has 376 valence electrons. The molecule has 5 fully saturated rings. The first-order valence-electron chi connectivity index (χ1n) is 25.0. The highest BCUT2D eigenvalue weighted by Gasteiger charge is 2.52. The molecule has 6 aliphatic rings. The number of imide groups is 2. The Balaban J connectivity index is 0.699. The number of hydrogen-bond acceptors (Lipinski definition) is 14. The van der Waals surface area contributed by atoms with Gasteiger partial charge in [0.1, 0.15) is 42.1 Å². The van der Waals surface area contributed by atoms with Crippen LogP contribution in [0.1, 0.15) is 90.5 Å². The van der Waals surface area contributed by atoms with Crippen molar-refractivity contribution in [2.24, 2.45) is 0 Å². The van der Waals surface area contributed by atoms with Gasteiger partial charge in [0.05, 0.1) is 27.6 Å². The second-order valence-corrected chi connectivity index (χ2v) is 20.0. The van der Waals surface area contributed by atoms with Gasteiger partial charge in [0.25, 0.3) is 11.8 Å². The Kier molecular flexibility index (Phi) is 12.7. The molecule has 4 N–H and O–H groups in total. The smallest absolute Gasteiger partial charge is 0.407 e. The van der Waals surface area contributed by atoms with Gasteiger partial charge in [-0.1, -0.05) is 42.3 Å². The second-order valence-electron chi connectivity index (χ2n) is 20.0. The van der Waals surface area contributed by atoms with E-state index in [9.17, 15) is 24.0 Å². The summed E-state index contributed by atoms with van der Waals surface area (Å²) in [4.78, 5) is 82.8. The number of aromatic nitrogens is 3. The molecule has 0 spiro atoms. The lowest BCUT2D eigenvalue weighted by atomic mass is 9.94. The van der Waals surface area contributed by atoms with Crippen LogP contribution in [0.15, 0.2) is 66.9 Å². The first kappa shape index (κ1) is 47.7. The third-order valence-corrected chi connectivity index (χ3v) is 15.3. The number of piperidine rings is 1. The molecule has 17 nitrogen and oxygen atoms in total. The van der Waals surface area contributed by atoms with Gasteiger partial charge in [0.2, 0.25) is 11.8 Å². The lowest BCUT2D eigenvalue weighted by molar-refractivity contribution is -0.136. The molecule has 19 heteroatoms. The van der Waals surface area contributed by atoms with Gasteiger partial charge in [-0.2, -0.15) is 9.97 Å². The van der Waals surface area contributed by atoms with Crippen LogP contribution in [-0.4, -0.2) is 130 Å². The lowest BCUT2D eigenvalue weighted by Crippen LogP contribution is -2.54. The Bertz CT molecular complexity index is 3170. The predicted octanol–water partition coefficient (Wildman–Crippen LogP) is 6.00. The summed E-state index contributed by atoms with van der Waals surface area (Å²) in [5.41, 5.74) is 2.05. The zero-order valence-electron chi connectivity index (χ0n) is 40.1. The van der Waals surface area contributed by atoms with Crippen LogP contribution in [0.5, 0.6) is 6.01 Å². The topological polar surface area (TPSA) is 200 Å². The number of fused-ring (bicyclic) bond motifs is 6. The van der Waals surface area contributed by atoms with Gasteiger partial charge in [0, 0.05) is 80.1 Å². The van der Waals surface area contributed by atoms with E-state index in [0.29, 0.717) is 78.8 Å². The van der Waals surface area contributed by atoms with E-state index in [4.69, 9.17) is 25.9 Å². The SMILES string of the molecule is C#Cc1c(F)ccc2cccc(-c3ncc4c(N5CC6CCC(C5)N6)nc(OC[C@@]56CC[C@@H](COC(=O)NCCCCCNc7ccc8c(c7)C(=O)N(C7CCC(=O)NC7=O)C8=O)N5CC(=C)C6)nc4c3F)c12. The van der Waals surface area contributed by atoms with Crippen LogP contribution in [0.3, 0.4) is 0 Å². The summed E-state index contributed by atoms with van der Waals surface area (Å²) in [6.07, 6.45) is 13.5. The maximum Gasteiger partial charge on any atom is 0.407 e. The van der Waals surface area contributed by atoms with Gasteiger partial charge < -0.3 is 30.3 Å². The molecule has 73 heavy (non-hydrogen) atoms. The minimum Gasteiger partial charge on any atom is -0.461 e. The van der Waals surface area contributed by atoms with Gasteiger partial charge in [-0.05, 0) is 87.4 Å². The van der Waals surface area contributed by atoms with Crippen molar-refractivity contribution in [1.29, 1.82) is 0 Å². The third kappa shape index (κ3) is 8.96. The Morgan fingerprint density at radius 3 is 2.56 bits per heavy atom. The van der Waals surface area contributed by atoms with Crippen molar-refractivity contribution in [1.82, 2.24) is 40.7 Å². The van der Waals surface area contributed by atoms with E-state index in [1.807, 2.05) is 0 Å². The van der Waals surface area contributed by atoms with Crippen molar-refractivity contribution in [2.45, 2.75) is 93.9 Å². The summed E-state index contributed by atoms with van der Waals surface area (Å²) in [6, 6.07) is 12.5. The number of terminal acetylenes is 1. The number of carbonyl (C=O) groups is 5. The molecule has 8 heterocycles. The first-order chi connectivity index (χ1) is 35.4. The molecule has 11 rings (SSSR count). The molecule has 3 aromatic carbocycles. The van der Waals surface area contributed by atoms with Crippen LogP contribution in [0.25, 0.3) is 32.9 Å². The van der Waals surface area contributed by atoms with E-state index >= 15 is 8.78 Å². The van der Waals surface area contributed by atoms with Crippen LogP contribution in [0.4, 0.5) is 25.1 Å². The van der Waals surface area contributed by atoms with Crippen LogP contribution in [0.2, 0.25) is 0 Å². The maximum atomic E-state index is 17.2. The van der Waals surface area contributed by atoms with Crippen molar-refractivity contribution < 1.29 is 42.2 Å². The number of alkyl carbamates (subject to hydrolysis) is 1. The fourth-order valence-corrected chi connectivity index (χ4v) is 11.8. The molecule has 5 aromatic rings. The number of anilines is 2. The van der Waals surface area contributed by atoms with Gasteiger partial charge >= 0.3 is 12.1 Å². The molecular weight excluding hydrogens is 939 g/mol. The highest BCUT2D eigenvalue weighted by molar-refractivity contribution is 6.23. The number of nitrogens with one attached hydrogen (secondary N) is 4. The fourth-order valence-electron chi connectivity index (χ4n) is 11.8. The van der Waals surface area contributed by atoms with Crippen molar-refractivity contribution >= 4 is 62.9 Å². The second kappa shape index (κ2) is 19.5. The minimum atomic E-state index is -1.02. The standard InChI is InChI=1S/C54H54F2N10O7/c1-3-36-41(55)15-10-31-8-7-9-38(44(31)36)46-45(56)47-40(24-59-46)48(64-26-33-11-12-34(27-64)60-33)63-52(62-47)73-29-54-19-18-35(65(54)25-30(2)23-54)28-72-53(71)58-21-6-4-5-20-57-32-13-14-37-39(22-32)51(70)66(50(37)69)42-16-17-43(67)61-49(42)68/h1,7-10,13-15,22,24,33-35,42,57,60H,2,4-6,11-12,16-21,23,25-29H2,(H,58,71)(H,61,67,68)/t33?,34?,35-,42?,54-/m0/s1. The summed E-state index contributed by atoms with van der Waals surface area (Å²) in [5, 5.41) is 13.5. The van der Waals surface area contributed by atoms with Gasteiger partial charge in [-0.25, -0.2) is 13.6 Å². The van der Waals surface area contributed by atoms with Crippen molar-refractivity contribution in [3.05, 3.63) is 95.2 Å². The number of halogens is 2. The summed E-state index contributed by atoms with van der Waals surface area (Å²) in [5.74, 6) is -0.487. The molecule has 2 aromatic heterocycles. The zero-order chi connectivity index (χ0) is 50.5. The molecule has 0 aliphatic carbocycles. The highest BCUT2D eigenvalue weighted by Crippen LogP contribution is 2.45. The largest absolute Gasteiger partial charge is 0.461 e. The number of hydrogen-bond donors (Lipinski definition) is 4. The average Bonchev–Trinajstić information content (AvgIpc) is 4.08. The van der Waals surface area contributed by atoms with E-state index in [2.05, 4.69) is 48.6 Å². The first-order valence-corrected chi connectivity index (χ1v) is 25.0.